The first-order valence-electron chi connectivity index (χ1n) is 14.3. The maximum absolute atomic E-state index is 15.0. The smallest absolute Gasteiger partial charge is 0.223 e. The van der Waals surface area contributed by atoms with Crippen LogP contribution in [0.2, 0.25) is 0 Å². The summed E-state index contributed by atoms with van der Waals surface area (Å²) in [6, 6.07) is 10.9. The molecule has 0 bridgehead atoms. The average molecular weight is 560 g/mol. The van der Waals surface area contributed by atoms with Crippen LogP contribution in [0, 0.1) is 11.7 Å². The maximum atomic E-state index is 15.0. The number of aromatic nitrogens is 5. The lowest BCUT2D eigenvalue weighted by molar-refractivity contribution is 0.214. The van der Waals surface area contributed by atoms with Gasteiger partial charge in [-0.3, -0.25) is 4.90 Å². The van der Waals surface area contributed by atoms with Gasteiger partial charge in [0.15, 0.2) is 11.4 Å². The van der Waals surface area contributed by atoms with Gasteiger partial charge in [-0.05, 0) is 62.2 Å². The monoisotopic (exact) mass is 559 g/mol. The SMILES string of the molecule is Nc1nc2c(cnn2CCN2CCN(c3ccc(OCC4CCNCC4)cc3F)CC2)c2cc(-c3ccco3)nn12. The van der Waals surface area contributed by atoms with Crippen molar-refractivity contribution in [1.82, 2.24) is 34.6 Å². The summed E-state index contributed by atoms with van der Waals surface area (Å²) >= 11 is 0. The van der Waals surface area contributed by atoms with Crippen molar-refractivity contribution in [3.8, 4) is 17.2 Å². The Hall–Kier alpha value is -4.16. The first-order valence-corrected chi connectivity index (χ1v) is 14.3. The van der Waals surface area contributed by atoms with E-state index in [1.807, 2.05) is 41.2 Å². The minimum atomic E-state index is -0.227. The highest BCUT2D eigenvalue weighted by Gasteiger charge is 2.22. The molecule has 2 aliphatic heterocycles. The predicted octanol–water partition coefficient (Wildman–Crippen LogP) is 3.26. The van der Waals surface area contributed by atoms with Gasteiger partial charge in [0.05, 0.1) is 42.2 Å². The van der Waals surface area contributed by atoms with Gasteiger partial charge in [-0.2, -0.15) is 19.7 Å². The molecule has 11 nitrogen and oxygen atoms in total. The zero-order chi connectivity index (χ0) is 27.8. The van der Waals surface area contributed by atoms with Crippen LogP contribution in [0.4, 0.5) is 16.0 Å². The van der Waals surface area contributed by atoms with E-state index in [0.717, 1.165) is 75.2 Å². The van der Waals surface area contributed by atoms with E-state index < -0.39 is 0 Å². The molecule has 214 valence electrons. The molecular weight excluding hydrogens is 525 g/mol. The van der Waals surface area contributed by atoms with Crippen molar-refractivity contribution >= 4 is 28.2 Å². The quantitative estimate of drug-likeness (QED) is 0.296. The second-order valence-corrected chi connectivity index (χ2v) is 10.8. The van der Waals surface area contributed by atoms with Crippen LogP contribution in [0.1, 0.15) is 12.8 Å². The number of fused-ring (bicyclic) bond motifs is 3. The summed E-state index contributed by atoms with van der Waals surface area (Å²) in [4.78, 5) is 9.08. The van der Waals surface area contributed by atoms with Gasteiger partial charge in [0.1, 0.15) is 17.3 Å². The van der Waals surface area contributed by atoms with E-state index in [4.69, 9.17) is 14.9 Å². The molecule has 0 atom stereocenters. The lowest BCUT2D eigenvalue weighted by atomic mass is 9.99. The number of benzene rings is 1. The molecule has 12 heteroatoms. The van der Waals surface area contributed by atoms with Crippen LogP contribution in [-0.2, 0) is 6.54 Å². The third-order valence-electron chi connectivity index (χ3n) is 8.21. The highest BCUT2D eigenvalue weighted by molar-refractivity contribution is 5.93. The standard InChI is InChI=1S/C29H34FN9O2/c30-23-16-21(41-19-20-5-7-32-8-6-20)3-4-25(23)37-12-9-36(10-13-37)11-14-38-28-22(18-33-38)26-17-24(27-2-1-15-40-27)35-39(26)29(31)34-28/h1-4,15-18,20,32H,5-14,19H2,(H2,31,34). The van der Waals surface area contributed by atoms with Gasteiger partial charge in [-0.25, -0.2) is 9.07 Å². The number of halogens is 1. The fourth-order valence-corrected chi connectivity index (χ4v) is 5.83. The van der Waals surface area contributed by atoms with Crippen molar-refractivity contribution in [3.63, 3.8) is 0 Å². The normalized spacial score (nSPS) is 17.1. The molecule has 0 amide bonds. The maximum Gasteiger partial charge on any atom is 0.223 e. The van der Waals surface area contributed by atoms with E-state index in [0.29, 0.717) is 47.9 Å². The number of nitrogens with two attached hydrogens (primary N) is 1. The van der Waals surface area contributed by atoms with Crippen LogP contribution in [-0.4, -0.2) is 81.7 Å². The molecule has 4 aromatic heterocycles. The molecule has 7 rings (SSSR count). The summed E-state index contributed by atoms with van der Waals surface area (Å²) < 4.78 is 29.9. The molecule has 2 aliphatic rings. The van der Waals surface area contributed by atoms with Gasteiger partial charge in [0.25, 0.3) is 0 Å². The zero-order valence-electron chi connectivity index (χ0n) is 22.9. The molecule has 41 heavy (non-hydrogen) atoms. The van der Waals surface area contributed by atoms with Crippen molar-refractivity contribution in [1.29, 1.82) is 0 Å². The zero-order valence-corrected chi connectivity index (χ0v) is 22.9. The minimum Gasteiger partial charge on any atom is -0.493 e. The Morgan fingerprint density at radius 2 is 1.93 bits per heavy atom. The number of furan rings is 1. The van der Waals surface area contributed by atoms with Gasteiger partial charge in [-0.1, -0.05) is 0 Å². The molecular formula is C29H34FN9O2. The number of piperazine rings is 1. The first-order chi connectivity index (χ1) is 20.1. The number of rotatable bonds is 8. The summed E-state index contributed by atoms with van der Waals surface area (Å²) in [5.41, 5.74) is 9.15. The number of hydrogen-bond acceptors (Lipinski definition) is 9. The number of nitrogen functional groups attached to an aromatic ring is 1. The molecule has 0 saturated carbocycles. The number of ether oxygens (including phenoxy) is 1. The van der Waals surface area contributed by atoms with Gasteiger partial charge < -0.3 is 25.1 Å². The minimum absolute atomic E-state index is 0.227. The summed E-state index contributed by atoms with van der Waals surface area (Å²) in [7, 11) is 0. The van der Waals surface area contributed by atoms with Crippen LogP contribution in [0.15, 0.2) is 53.3 Å². The second kappa shape index (κ2) is 11.0. The van der Waals surface area contributed by atoms with E-state index in [1.165, 1.54) is 6.07 Å². The third-order valence-corrected chi connectivity index (χ3v) is 8.21. The number of nitrogens with zero attached hydrogens (tertiary/aromatic N) is 7. The summed E-state index contributed by atoms with van der Waals surface area (Å²) in [6.45, 7) is 7.35. The van der Waals surface area contributed by atoms with E-state index in [-0.39, 0.29) is 5.82 Å². The fourth-order valence-electron chi connectivity index (χ4n) is 5.83. The Morgan fingerprint density at radius 3 is 2.71 bits per heavy atom. The van der Waals surface area contributed by atoms with Crippen LogP contribution < -0.4 is 20.7 Å². The lowest BCUT2D eigenvalue weighted by Crippen LogP contribution is -2.47. The molecule has 6 heterocycles. The average Bonchev–Trinajstić information content (AvgIpc) is 3.76. The number of anilines is 2. The molecule has 0 aliphatic carbocycles. The first kappa shape index (κ1) is 25.8. The molecule has 0 radical (unpaired) electrons. The molecule has 1 aromatic carbocycles. The van der Waals surface area contributed by atoms with Crippen LogP contribution >= 0.6 is 0 Å². The van der Waals surface area contributed by atoms with Gasteiger partial charge in [0, 0.05) is 38.8 Å². The Morgan fingerprint density at radius 1 is 1.07 bits per heavy atom. The van der Waals surface area contributed by atoms with Gasteiger partial charge in [0.2, 0.25) is 5.95 Å². The Labute approximate surface area is 236 Å². The highest BCUT2D eigenvalue weighted by Crippen LogP contribution is 2.28. The van der Waals surface area contributed by atoms with Crippen LogP contribution in [0.25, 0.3) is 28.0 Å². The molecule has 5 aromatic rings. The fraction of sp³-hybridized carbons (Fsp3) is 0.414. The summed E-state index contributed by atoms with van der Waals surface area (Å²) in [5.74, 6) is 1.88. The van der Waals surface area contributed by atoms with Crippen LogP contribution in [0.5, 0.6) is 5.75 Å². The number of hydrogen-bond donors (Lipinski definition) is 2. The van der Waals surface area contributed by atoms with Crippen molar-refractivity contribution < 1.29 is 13.5 Å². The molecule has 0 spiro atoms. The van der Waals surface area contributed by atoms with E-state index in [9.17, 15) is 0 Å². The lowest BCUT2D eigenvalue weighted by Gasteiger charge is -2.36. The number of piperidine rings is 1. The largest absolute Gasteiger partial charge is 0.493 e. The van der Waals surface area contributed by atoms with Gasteiger partial charge in [-0.15, -0.1) is 0 Å². The van der Waals surface area contributed by atoms with Crippen molar-refractivity contribution in [2.24, 2.45) is 5.92 Å². The summed E-state index contributed by atoms with van der Waals surface area (Å²) in [6.07, 6.45) is 5.64. The second-order valence-electron chi connectivity index (χ2n) is 10.8. The number of nitrogens with one attached hydrogen (secondary N) is 1. The van der Waals surface area contributed by atoms with E-state index in [2.05, 4.69) is 30.3 Å². The van der Waals surface area contributed by atoms with Gasteiger partial charge >= 0.3 is 0 Å². The van der Waals surface area contributed by atoms with E-state index >= 15 is 4.39 Å². The topological polar surface area (TPSA) is 115 Å². The predicted molar refractivity (Wildman–Crippen MR) is 155 cm³/mol. The van der Waals surface area contributed by atoms with E-state index in [1.54, 1.807) is 10.8 Å². The van der Waals surface area contributed by atoms with Crippen LogP contribution in [0.3, 0.4) is 0 Å². The molecule has 3 N–H and O–H groups in total. The molecule has 0 unspecified atom stereocenters. The Kier molecular flexibility index (Phi) is 6.93. The van der Waals surface area contributed by atoms with Crippen molar-refractivity contribution in [2.75, 3.05) is 63.1 Å². The van der Waals surface area contributed by atoms with Crippen molar-refractivity contribution in [3.05, 3.63) is 54.7 Å². The van der Waals surface area contributed by atoms with Crippen molar-refractivity contribution in [2.45, 2.75) is 19.4 Å². The molecule has 2 fully saturated rings. The molecule has 2 saturated heterocycles. The third kappa shape index (κ3) is 5.20. The highest BCUT2D eigenvalue weighted by atomic mass is 19.1. The summed E-state index contributed by atoms with van der Waals surface area (Å²) in [5, 5.41) is 13.4. The Balaban J connectivity index is 0.962. The Bertz CT molecular complexity index is 1630.